The van der Waals surface area contributed by atoms with Crippen LogP contribution >= 0.6 is 0 Å². The van der Waals surface area contributed by atoms with Crippen LogP contribution in [0.3, 0.4) is 0 Å². The van der Waals surface area contributed by atoms with Crippen molar-refractivity contribution in [1.29, 1.82) is 0 Å². The highest BCUT2D eigenvalue weighted by Gasteiger charge is 2.43. The van der Waals surface area contributed by atoms with Crippen LogP contribution in [0.25, 0.3) is 0 Å². The molecule has 4 heteroatoms. The summed E-state index contributed by atoms with van der Waals surface area (Å²) in [5.41, 5.74) is 6.20. The van der Waals surface area contributed by atoms with E-state index in [0.29, 0.717) is 6.04 Å². The van der Waals surface area contributed by atoms with Crippen molar-refractivity contribution in [3.05, 3.63) is 0 Å². The summed E-state index contributed by atoms with van der Waals surface area (Å²) in [6.07, 6.45) is 4.44. The Kier molecular flexibility index (Phi) is 3.38. The van der Waals surface area contributed by atoms with Crippen LogP contribution in [0.15, 0.2) is 4.99 Å². The Morgan fingerprint density at radius 2 is 2.31 bits per heavy atom. The van der Waals surface area contributed by atoms with E-state index in [9.17, 15) is 0 Å². The first kappa shape index (κ1) is 11.7. The number of nitrogens with zero attached hydrogens (tertiary/aromatic N) is 2. The van der Waals surface area contributed by atoms with E-state index < -0.39 is 0 Å². The number of ether oxygens (including phenoxy) is 1. The molecule has 0 radical (unpaired) electrons. The second-order valence-electron chi connectivity index (χ2n) is 4.99. The molecule has 0 aromatic heterocycles. The molecule has 2 rings (SSSR count). The zero-order valence-corrected chi connectivity index (χ0v) is 10.4. The lowest BCUT2D eigenvalue weighted by atomic mass is 9.88. The molecule has 2 unspecified atom stereocenters. The Labute approximate surface area is 97.9 Å². The van der Waals surface area contributed by atoms with E-state index in [1.54, 1.807) is 0 Å². The summed E-state index contributed by atoms with van der Waals surface area (Å²) >= 11 is 0. The summed E-state index contributed by atoms with van der Waals surface area (Å²) < 4.78 is 5.56. The molecule has 0 saturated carbocycles. The Balaban J connectivity index is 2.19. The molecule has 2 heterocycles. The van der Waals surface area contributed by atoms with Crippen LogP contribution in [0.4, 0.5) is 0 Å². The lowest BCUT2D eigenvalue weighted by molar-refractivity contribution is 0.106. The summed E-state index contributed by atoms with van der Waals surface area (Å²) in [7, 11) is 0. The maximum absolute atomic E-state index is 6.05. The summed E-state index contributed by atoms with van der Waals surface area (Å²) in [6, 6.07) is 0.476. The number of nitrogens with two attached hydrogens (primary N) is 1. The van der Waals surface area contributed by atoms with E-state index in [1.807, 2.05) is 0 Å². The monoisotopic (exact) mass is 225 g/mol. The smallest absolute Gasteiger partial charge is 0.192 e. The standard InChI is InChI=1S/C12H23N3O/c1-3-10(2)15-11(13)14-9-12(15)5-4-7-16-8-6-12/h10H,3-9H2,1-2H3,(H2,13,14). The minimum atomic E-state index is 0.149. The topological polar surface area (TPSA) is 50.8 Å². The number of rotatable bonds is 2. The lowest BCUT2D eigenvalue weighted by Gasteiger charge is -2.42. The molecule has 1 spiro atoms. The van der Waals surface area contributed by atoms with Crippen LogP contribution in [-0.4, -0.2) is 42.2 Å². The minimum Gasteiger partial charge on any atom is -0.381 e. The van der Waals surface area contributed by atoms with Crippen LogP contribution in [0.2, 0.25) is 0 Å². The molecular weight excluding hydrogens is 202 g/mol. The first-order valence-corrected chi connectivity index (χ1v) is 6.36. The molecule has 2 N–H and O–H groups in total. The second-order valence-corrected chi connectivity index (χ2v) is 4.99. The first-order chi connectivity index (χ1) is 7.69. The maximum Gasteiger partial charge on any atom is 0.192 e. The van der Waals surface area contributed by atoms with Gasteiger partial charge in [-0.1, -0.05) is 6.92 Å². The van der Waals surface area contributed by atoms with Crippen molar-refractivity contribution in [2.45, 2.75) is 51.1 Å². The van der Waals surface area contributed by atoms with Gasteiger partial charge in [0.2, 0.25) is 0 Å². The fraction of sp³-hybridized carbons (Fsp3) is 0.917. The number of hydrogen-bond donors (Lipinski definition) is 1. The van der Waals surface area contributed by atoms with Gasteiger partial charge in [-0.2, -0.15) is 0 Å². The molecule has 2 aliphatic heterocycles. The quantitative estimate of drug-likeness (QED) is 0.772. The Morgan fingerprint density at radius 1 is 1.50 bits per heavy atom. The van der Waals surface area contributed by atoms with E-state index in [-0.39, 0.29) is 5.54 Å². The first-order valence-electron chi connectivity index (χ1n) is 6.36. The van der Waals surface area contributed by atoms with Gasteiger partial charge in [0, 0.05) is 19.3 Å². The van der Waals surface area contributed by atoms with Crippen molar-refractivity contribution in [2.75, 3.05) is 19.8 Å². The highest BCUT2D eigenvalue weighted by atomic mass is 16.5. The van der Waals surface area contributed by atoms with Crippen molar-refractivity contribution < 1.29 is 4.74 Å². The summed E-state index contributed by atoms with van der Waals surface area (Å²) in [5.74, 6) is 0.733. The molecule has 16 heavy (non-hydrogen) atoms. The van der Waals surface area contributed by atoms with Gasteiger partial charge < -0.3 is 15.4 Å². The highest BCUT2D eigenvalue weighted by molar-refractivity contribution is 5.81. The van der Waals surface area contributed by atoms with E-state index in [0.717, 1.165) is 51.4 Å². The number of hydrogen-bond acceptors (Lipinski definition) is 4. The van der Waals surface area contributed by atoms with Crippen LogP contribution < -0.4 is 5.73 Å². The molecule has 1 fully saturated rings. The zero-order chi connectivity index (χ0) is 11.6. The second kappa shape index (κ2) is 4.62. The molecule has 0 aromatic carbocycles. The van der Waals surface area contributed by atoms with E-state index in [1.165, 1.54) is 0 Å². The molecule has 0 aliphatic carbocycles. The van der Waals surface area contributed by atoms with Gasteiger partial charge in [0.25, 0.3) is 0 Å². The van der Waals surface area contributed by atoms with Crippen LogP contribution in [0.1, 0.15) is 39.5 Å². The van der Waals surface area contributed by atoms with Gasteiger partial charge >= 0.3 is 0 Å². The van der Waals surface area contributed by atoms with E-state index in [2.05, 4.69) is 23.7 Å². The van der Waals surface area contributed by atoms with Crippen LogP contribution in [0, 0.1) is 0 Å². The van der Waals surface area contributed by atoms with Crippen molar-refractivity contribution >= 4 is 5.96 Å². The molecule has 0 amide bonds. The molecule has 2 atom stereocenters. The third-order valence-corrected chi connectivity index (χ3v) is 3.97. The molecule has 0 bridgehead atoms. The largest absolute Gasteiger partial charge is 0.381 e. The van der Waals surface area contributed by atoms with Crippen molar-refractivity contribution in [2.24, 2.45) is 10.7 Å². The third kappa shape index (κ3) is 1.90. The van der Waals surface area contributed by atoms with Crippen LogP contribution in [-0.2, 0) is 4.74 Å². The Morgan fingerprint density at radius 3 is 3.06 bits per heavy atom. The fourth-order valence-electron chi connectivity index (χ4n) is 2.89. The molecule has 92 valence electrons. The molecular formula is C12H23N3O. The SMILES string of the molecule is CCC(C)N1C(N)=NCC12CCCOCC2. The van der Waals surface area contributed by atoms with E-state index >= 15 is 0 Å². The summed E-state index contributed by atoms with van der Waals surface area (Å²) in [6.45, 7) is 7.02. The lowest BCUT2D eigenvalue weighted by Crippen LogP contribution is -2.55. The Bertz CT molecular complexity index is 269. The van der Waals surface area contributed by atoms with Gasteiger partial charge in [-0.3, -0.25) is 4.99 Å². The van der Waals surface area contributed by atoms with Gasteiger partial charge in [0.15, 0.2) is 5.96 Å². The van der Waals surface area contributed by atoms with Crippen molar-refractivity contribution in [3.8, 4) is 0 Å². The van der Waals surface area contributed by atoms with Gasteiger partial charge in [0.05, 0.1) is 12.1 Å². The maximum atomic E-state index is 6.05. The normalized spacial score (nSPS) is 32.6. The zero-order valence-electron chi connectivity index (χ0n) is 10.4. The predicted octanol–water partition coefficient (Wildman–Crippen LogP) is 1.35. The van der Waals surface area contributed by atoms with Crippen molar-refractivity contribution in [1.82, 2.24) is 4.90 Å². The fourth-order valence-corrected chi connectivity index (χ4v) is 2.89. The molecule has 1 saturated heterocycles. The predicted molar refractivity (Wildman–Crippen MR) is 65.5 cm³/mol. The number of guanidine groups is 1. The van der Waals surface area contributed by atoms with Gasteiger partial charge in [0.1, 0.15) is 0 Å². The third-order valence-electron chi connectivity index (χ3n) is 3.97. The van der Waals surface area contributed by atoms with Crippen molar-refractivity contribution in [3.63, 3.8) is 0 Å². The summed E-state index contributed by atoms with van der Waals surface area (Å²) in [5, 5.41) is 0. The minimum absolute atomic E-state index is 0.149. The molecule has 2 aliphatic rings. The van der Waals surface area contributed by atoms with Gasteiger partial charge in [-0.05, 0) is 32.6 Å². The average molecular weight is 225 g/mol. The Hall–Kier alpha value is -0.770. The summed E-state index contributed by atoms with van der Waals surface area (Å²) in [4.78, 5) is 6.82. The molecule has 0 aromatic rings. The number of aliphatic imine (C=N–C) groups is 1. The van der Waals surface area contributed by atoms with Gasteiger partial charge in [-0.15, -0.1) is 0 Å². The average Bonchev–Trinajstić information content (AvgIpc) is 2.49. The van der Waals surface area contributed by atoms with E-state index in [4.69, 9.17) is 10.5 Å². The molecule has 4 nitrogen and oxygen atoms in total. The van der Waals surface area contributed by atoms with Crippen LogP contribution in [0.5, 0.6) is 0 Å². The van der Waals surface area contributed by atoms with Gasteiger partial charge in [-0.25, -0.2) is 0 Å². The highest BCUT2D eigenvalue weighted by Crippen LogP contribution is 2.34.